The van der Waals surface area contributed by atoms with Crippen molar-refractivity contribution >= 4 is 42.5 Å². The maximum Gasteiger partial charge on any atom is 0.393 e. The Hall–Kier alpha value is -3.08. The third-order valence-corrected chi connectivity index (χ3v) is 8.50. The Kier molecular flexibility index (Phi) is 8.58. The summed E-state index contributed by atoms with van der Waals surface area (Å²) in [5, 5.41) is 6.74. The molecule has 3 aromatic rings. The lowest BCUT2D eigenvalue weighted by Gasteiger charge is -2.33. The lowest BCUT2D eigenvalue weighted by atomic mass is 10.0. The van der Waals surface area contributed by atoms with Gasteiger partial charge in [-0.15, -0.1) is 11.3 Å². The molecule has 13 heteroatoms. The predicted molar refractivity (Wildman–Crippen MR) is 147 cm³/mol. The number of halogens is 4. The van der Waals surface area contributed by atoms with E-state index in [4.69, 9.17) is 9.52 Å². The molecule has 4 rings (SSSR count). The molecule has 0 saturated carbocycles. The molecule has 3 N–H and O–H groups in total. The average Bonchev–Trinajstić information content (AvgIpc) is 3.19. The van der Waals surface area contributed by atoms with Gasteiger partial charge in [-0.3, -0.25) is 0 Å². The largest absolute Gasteiger partial charge is 0.479 e. The minimum atomic E-state index is -4.43. The molecule has 0 bridgehead atoms. The van der Waals surface area contributed by atoms with Crippen LogP contribution in [-0.2, 0) is 16.1 Å². The van der Waals surface area contributed by atoms with Crippen LogP contribution in [0.2, 0.25) is 0 Å². The molecular formula is C26H29F4N5O2S2. The van der Waals surface area contributed by atoms with Gasteiger partial charge in [-0.2, -0.15) is 13.2 Å². The Labute approximate surface area is 228 Å². The minimum Gasteiger partial charge on any atom is -0.479 e. The first-order valence-electron chi connectivity index (χ1n) is 12.1. The molecule has 1 aliphatic rings. The van der Waals surface area contributed by atoms with Crippen molar-refractivity contribution in [2.75, 3.05) is 50.7 Å². The summed E-state index contributed by atoms with van der Waals surface area (Å²) in [7, 11) is 0.208. The van der Waals surface area contributed by atoms with Crippen molar-refractivity contribution in [2.45, 2.75) is 36.3 Å². The van der Waals surface area contributed by atoms with Gasteiger partial charge in [-0.25, -0.2) is 18.4 Å². The summed E-state index contributed by atoms with van der Waals surface area (Å²) >= 11 is 1.15. The number of hydrogen-bond donors (Lipinski definition) is 3. The van der Waals surface area contributed by atoms with Gasteiger partial charge in [0.1, 0.15) is 11.2 Å². The normalized spacial score (nSPS) is 19.7. The number of thiophene rings is 1. The number of rotatable bonds is 7. The van der Waals surface area contributed by atoms with Gasteiger partial charge in [0.25, 0.3) is 0 Å². The lowest BCUT2D eigenvalue weighted by molar-refractivity contribution is -0.126. The summed E-state index contributed by atoms with van der Waals surface area (Å²) in [5.74, 6) is 5.87. The molecule has 1 fully saturated rings. The Bertz CT molecular complexity index is 1510. The molecule has 1 aliphatic heterocycles. The first-order chi connectivity index (χ1) is 18.4. The van der Waals surface area contributed by atoms with E-state index in [1.807, 2.05) is 11.9 Å². The molecule has 210 valence electrons. The molecule has 0 aliphatic carbocycles. The number of alkyl halides is 4. The summed E-state index contributed by atoms with van der Waals surface area (Å²) in [6.45, 7) is 1.10. The van der Waals surface area contributed by atoms with Gasteiger partial charge < -0.3 is 20.3 Å². The molecule has 0 spiro atoms. The highest BCUT2D eigenvalue weighted by atomic mass is 32.2. The number of pyridine rings is 1. The van der Waals surface area contributed by atoms with E-state index in [0.717, 1.165) is 17.9 Å². The molecule has 1 unspecified atom stereocenters. The number of ether oxygens (including phenoxy) is 1. The fraction of sp³-hybridized carbons (Fsp3) is 0.423. The number of nitrogens with one attached hydrogen (secondary N) is 3. The van der Waals surface area contributed by atoms with E-state index in [0.29, 0.717) is 39.3 Å². The summed E-state index contributed by atoms with van der Waals surface area (Å²) in [4.78, 5) is 6.30. The van der Waals surface area contributed by atoms with Crippen LogP contribution in [0.25, 0.3) is 10.1 Å². The number of fused-ring (bicyclic) bond motifs is 1. The van der Waals surface area contributed by atoms with Crippen molar-refractivity contribution in [3.63, 3.8) is 0 Å². The Balaban J connectivity index is 1.61. The highest BCUT2D eigenvalue weighted by molar-refractivity contribution is 7.91. The van der Waals surface area contributed by atoms with E-state index >= 15 is 0 Å². The van der Waals surface area contributed by atoms with Gasteiger partial charge in [0.2, 0.25) is 5.88 Å². The number of methoxy groups -OCH3 is 1. The number of hydrogen-bond acceptors (Lipinski definition) is 8. The average molecular weight is 584 g/mol. The van der Waals surface area contributed by atoms with Crippen LogP contribution in [-0.4, -0.2) is 72.5 Å². The third-order valence-electron chi connectivity index (χ3n) is 6.28. The van der Waals surface area contributed by atoms with Crippen molar-refractivity contribution in [3.05, 3.63) is 40.8 Å². The van der Waals surface area contributed by atoms with E-state index in [1.54, 1.807) is 24.3 Å². The van der Waals surface area contributed by atoms with Crippen LogP contribution < -0.4 is 15.4 Å². The lowest BCUT2D eigenvalue weighted by Crippen LogP contribution is -2.46. The summed E-state index contributed by atoms with van der Waals surface area (Å²) in [6.07, 6.45) is -4.81. The Morgan fingerprint density at radius 1 is 1.28 bits per heavy atom. The van der Waals surface area contributed by atoms with Crippen molar-refractivity contribution in [1.29, 1.82) is 4.78 Å². The fourth-order valence-corrected chi connectivity index (χ4v) is 6.13. The minimum absolute atomic E-state index is 0.0711. The van der Waals surface area contributed by atoms with Gasteiger partial charge in [-0.1, -0.05) is 24.0 Å². The summed E-state index contributed by atoms with van der Waals surface area (Å²) < 4.78 is 80.7. The smallest absolute Gasteiger partial charge is 0.393 e. The molecule has 0 amide bonds. The molecule has 7 nitrogen and oxygen atoms in total. The van der Waals surface area contributed by atoms with Crippen molar-refractivity contribution < 1.29 is 26.5 Å². The fourth-order valence-electron chi connectivity index (χ4n) is 4.37. The van der Waals surface area contributed by atoms with E-state index < -0.39 is 34.5 Å². The second-order valence-electron chi connectivity index (χ2n) is 9.41. The summed E-state index contributed by atoms with van der Waals surface area (Å²) in [6, 6.07) is 7.65. The van der Waals surface area contributed by atoms with Crippen LogP contribution in [0, 0.1) is 16.6 Å². The number of benzene rings is 1. The highest BCUT2D eigenvalue weighted by Crippen LogP contribution is 2.39. The van der Waals surface area contributed by atoms with Gasteiger partial charge >= 0.3 is 6.18 Å². The molecule has 3 atom stereocenters. The number of nitrogens with zero attached hydrogens (tertiary/aromatic N) is 2. The Morgan fingerprint density at radius 3 is 2.72 bits per heavy atom. The standard InChI is InChI=1S/C26H29F4N5O2S2/c1-35-13-11-19(18(27)15-35)33-20-7-4-6-16-17(14-26(28,29)30)22(38-24(16)20)8-5-12-32-21-9-10-23(39(3,31)36)34-25(21)37-2/h4,6-7,9-10,18-19,31-33H,11-15H2,1-3H3/t18-,19-,39?/m1/s1. The SMILES string of the molecule is COc1nc(S(C)(=N)=O)ccc1NCC#Cc1sc2c(N[C@@H]3CCN(C)C[C@H]3F)cccc2c1CC(F)(F)F. The summed E-state index contributed by atoms with van der Waals surface area (Å²) in [5.41, 5.74) is 1.13. The zero-order valence-corrected chi connectivity index (χ0v) is 23.2. The van der Waals surface area contributed by atoms with Gasteiger partial charge in [0.05, 0.1) is 56.8 Å². The second kappa shape index (κ2) is 11.6. The van der Waals surface area contributed by atoms with E-state index in [9.17, 15) is 21.8 Å². The second-order valence-corrected chi connectivity index (χ2v) is 12.5. The first-order valence-corrected chi connectivity index (χ1v) is 14.9. The molecule has 3 heterocycles. The number of likely N-dealkylation sites (tertiary alicyclic amines) is 1. The maximum absolute atomic E-state index is 14.7. The zero-order chi connectivity index (χ0) is 28.4. The van der Waals surface area contributed by atoms with Crippen LogP contribution >= 0.6 is 11.3 Å². The van der Waals surface area contributed by atoms with Gasteiger partial charge in [-0.05, 0) is 42.6 Å². The van der Waals surface area contributed by atoms with Crippen molar-refractivity contribution in [1.82, 2.24) is 9.88 Å². The van der Waals surface area contributed by atoms with E-state index in [-0.39, 0.29) is 23.0 Å². The van der Waals surface area contributed by atoms with Crippen LogP contribution in [0.3, 0.4) is 0 Å². The topological polar surface area (TPSA) is 90.3 Å². The molecule has 1 saturated heterocycles. The monoisotopic (exact) mass is 583 g/mol. The predicted octanol–water partition coefficient (Wildman–Crippen LogP) is 5.36. The molecular weight excluding hydrogens is 554 g/mol. The quantitative estimate of drug-likeness (QED) is 0.256. The van der Waals surface area contributed by atoms with Crippen LogP contribution in [0.5, 0.6) is 5.88 Å². The van der Waals surface area contributed by atoms with Gasteiger partial charge in [0, 0.05) is 19.3 Å². The van der Waals surface area contributed by atoms with Crippen molar-refractivity contribution in [3.8, 4) is 17.7 Å². The number of anilines is 2. The third kappa shape index (κ3) is 7.12. The van der Waals surface area contributed by atoms with Gasteiger partial charge in [0.15, 0.2) is 0 Å². The maximum atomic E-state index is 14.7. The number of aromatic nitrogens is 1. The molecule has 0 radical (unpaired) electrons. The molecule has 1 aromatic carbocycles. The zero-order valence-electron chi connectivity index (χ0n) is 21.6. The molecule has 2 aromatic heterocycles. The van der Waals surface area contributed by atoms with E-state index in [2.05, 4.69) is 27.5 Å². The Morgan fingerprint density at radius 2 is 2.05 bits per heavy atom. The van der Waals surface area contributed by atoms with Crippen molar-refractivity contribution in [2.24, 2.45) is 0 Å². The first kappa shape index (κ1) is 28.9. The molecule has 39 heavy (non-hydrogen) atoms. The number of piperidine rings is 1. The highest BCUT2D eigenvalue weighted by Gasteiger charge is 2.32. The van der Waals surface area contributed by atoms with Crippen LogP contribution in [0.15, 0.2) is 35.4 Å². The van der Waals surface area contributed by atoms with Crippen LogP contribution in [0.4, 0.5) is 28.9 Å². The van der Waals surface area contributed by atoms with E-state index in [1.165, 1.54) is 19.4 Å². The van der Waals surface area contributed by atoms with Crippen LogP contribution in [0.1, 0.15) is 16.9 Å².